The lowest BCUT2D eigenvalue weighted by Crippen LogP contribution is -1.92. The van der Waals surface area contributed by atoms with Gasteiger partial charge in [-0.2, -0.15) is 0 Å². The second kappa shape index (κ2) is 7.11. The highest BCUT2D eigenvalue weighted by Crippen LogP contribution is 2.27. The molecule has 1 aromatic rings. The Morgan fingerprint density at radius 2 is 2.17 bits per heavy atom. The van der Waals surface area contributed by atoms with E-state index in [4.69, 9.17) is 5.41 Å². The van der Waals surface area contributed by atoms with Crippen LogP contribution in [0.15, 0.2) is 18.2 Å². The van der Waals surface area contributed by atoms with Crippen molar-refractivity contribution in [1.29, 1.82) is 5.41 Å². The standard InChI is InChI=1S/C14H16IN2P/c15-18-17-14-8-7-12(9-13(14)10-16)6-5-11-3-1-2-4-11/h7-11,16-18H,1-4H2. The number of hydrogen-bond acceptors (Lipinski definition) is 2. The van der Waals surface area contributed by atoms with Crippen LogP contribution in [0.2, 0.25) is 0 Å². The largest absolute Gasteiger partial charge is 0.358 e. The van der Waals surface area contributed by atoms with Gasteiger partial charge in [0.15, 0.2) is 0 Å². The molecule has 94 valence electrons. The topological polar surface area (TPSA) is 35.9 Å². The zero-order valence-electron chi connectivity index (χ0n) is 10.1. The molecule has 0 saturated heterocycles. The van der Waals surface area contributed by atoms with E-state index >= 15 is 0 Å². The highest BCUT2D eigenvalue weighted by atomic mass is 127. The summed E-state index contributed by atoms with van der Waals surface area (Å²) in [6, 6.07) is 6.05. The molecule has 1 atom stereocenters. The molecule has 2 rings (SSSR count). The molecule has 0 heterocycles. The fraction of sp³-hybridized carbons (Fsp3) is 0.357. The van der Waals surface area contributed by atoms with E-state index in [2.05, 4.69) is 39.0 Å². The number of halogens is 1. The first kappa shape index (κ1) is 13.8. The van der Waals surface area contributed by atoms with Crippen LogP contribution in [0.4, 0.5) is 5.69 Å². The third-order valence-corrected chi connectivity index (χ3v) is 4.34. The Balaban J connectivity index is 2.15. The normalized spacial score (nSPS) is 15.6. The van der Waals surface area contributed by atoms with Crippen LogP contribution in [-0.2, 0) is 0 Å². The quantitative estimate of drug-likeness (QED) is 0.347. The maximum absolute atomic E-state index is 7.45. The molecule has 0 aliphatic heterocycles. The Morgan fingerprint density at radius 3 is 2.83 bits per heavy atom. The zero-order chi connectivity index (χ0) is 12.8. The Bertz CT molecular complexity index is 484. The smallest absolute Gasteiger partial charge is 0.0465 e. The van der Waals surface area contributed by atoms with Gasteiger partial charge in [-0.3, -0.25) is 0 Å². The van der Waals surface area contributed by atoms with Crippen molar-refractivity contribution in [3.8, 4) is 11.8 Å². The van der Waals surface area contributed by atoms with E-state index in [9.17, 15) is 0 Å². The summed E-state index contributed by atoms with van der Waals surface area (Å²) in [5.41, 5.74) is 2.95. The van der Waals surface area contributed by atoms with E-state index in [1.165, 1.54) is 31.9 Å². The Labute approximate surface area is 123 Å². The van der Waals surface area contributed by atoms with Crippen molar-refractivity contribution >= 4 is 40.3 Å². The Morgan fingerprint density at radius 1 is 1.39 bits per heavy atom. The summed E-state index contributed by atoms with van der Waals surface area (Å²) in [6.07, 6.45) is 7.15. The molecule has 1 aliphatic carbocycles. The molecule has 18 heavy (non-hydrogen) atoms. The fourth-order valence-corrected chi connectivity index (χ4v) is 3.38. The summed E-state index contributed by atoms with van der Waals surface area (Å²) in [4.78, 5) is 0. The van der Waals surface area contributed by atoms with Crippen LogP contribution in [0.5, 0.6) is 0 Å². The van der Waals surface area contributed by atoms with Crippen LogP contribution in [0.25, 0.3) is 0 Å². The van der Waals surface area contributed by atoms with Gasteiger partial charge in [-0.25, -0.2) is 0 Å². The molecular weight excluding hydrogens is 354 g/mol. The molecule has 2 nitrogen and oxygen atoms in total. The first-order valence-corrected chi connectivity index (χ1v) is 10.2. The molecule has 1 fully saturated rings. The van der Waals surface area contributed by atoms with E-state index in [0.717, 1.165) is 16.8 Å². The minimum Gasteiger partial charge on any atom is -0.358 e. The number of benzene rings is 1. The molecular formula is C14H16IN2P. The predicted octanol–water partition coefficient (Wildman–Crippen LogP) is 4.58. The summed E-state index contributed by atoms with van der Waals surface area (Å²) in [5, 5.41) is 10.7. The first-order chi connectivity index (χ1) is 8.83. The lowest BCUT2D eigenvalue weighted by Gasteiger charge is -2.06. The molecule has 1 saturated carbocycles. The first-order valence-electron chi connectivity index (χ1n) is 6.11. The van der Waals surface area contributed by atoms with E-state index in [-0.39, 0.29) is 0 Å². The Kier molecular flexibility index (Phi) is 5.46. The van der Waals surface area contributed by atoms with Crippen molar-refractivity contribution in [3.05, 3.63) is 29.3 Å². The SMILES string of the molecule is N=Cc1cc(C#CC2CCCC2)ccc1NPI. The van der Waals surface area contributed by atoms with Gasteiger partial charge in [0.1, 0.15) is 0 Å². The molecule has 1 aromatic carbocycles. The molecule has 1 aliphatic rings. The van der Waals surface area contributed by atoms with E-state index in [1.54, 1.807) is 0 Å². The van der Waals surface area contributed by atoms with Gasteiger partial charge in [-0.1, -0.05) is 24.7 Å². The lowest BCUT2D eigenvalue weighted by molar-refractivity contribution is 0.712. The number of anilines is 1. The molecule has 1 unspecified atom stereocenters. The van der Waals surface area contributed by atoms with Crippen LogP contribution < -0.4 is 5.09 Å². The van der Waals surface area contributed by atoms with Crippen molar-refractivity contribution in [1.82, 2.24) is 0 Å². The van der Waals surface area contributed by atoms with E-state index in [1.807, 2.05) is 18.2 Å². The van der Waals surface area contributed by atoms with Crippen LogP contribution in [0.1, 0.15) is 36.8 Å². The minimum atomic E-state index is 0.585. The van der Waals surface area contributed by atoms with Gasteiger partial charge in [-0.15, -0.1) is 0 Å². The second-order valence-electron chi connectivity index (χ2n) is 4.42. The monoisotopic (exact) mass is 370 g/mol. The van der Waals surface area contributed by atoms with Gasteiger partial charge in [0, 0.05) is 35.3 Å². The van der Waals surface area contributed by atoms with Crippen molar-refractivity contribution in [2.45, 2.75) is 25.7 Å². The van der Waals surface area contributed by atoms with Crippen LogP contribution in [0.3, 0.4) is 0 Å². The van der Waals surface area contributed by atoms with Gasteiger partial charge < -0.3 is 10.5 Å². The van der Waals surface area contributed by atoms with Crippen LogP contribution in [-0.4, -0.2) is 6.21 Å². The van der Waals surface area contributed by atoms with Crippen molar-refractivity contribution < 1.29 is 0 Å². The summed E-state index contributed by atoms with van der Waals surface area (Å²) < 4.78 is 0. The zero-order valence-corrected chi connectivity index (χ0v) is 13.3. The third kappa shape index (κ3) is 3.70. The van der Waals surface area contributed by atoms with Gasteiger partial charge in [0.05, 0.1) is 0 Å². The molecule has 0 bridgehead atoms. The van der Waals surface area contributed by atoms with Gasteiger partial charge in [-0.05, 0) is 53.1 Å². The molecule has 2 N–H and O–H groups in total. The summed E-state index contributed by atoms with van der Waals surface area (Å²) >= 11 is 2.29. The average Bonchev–Trinajstić information content (AvgIpc) is 2.91. The molecule has 0 amide bonds. The lowest BCUT2D eigenvalue weighted by atomic mass is 10.1. The van der Waals surface area contributed by atoms with Crippen molar-refractivity contribution in [3.63, 3.8) is 0 Å². The Hall–Kier alpha value is -0.590. The maximum Gasteiger partial charge on any atom is 0.0465 e. The summed E-state index contributed by atoms with van der Waals surface area (Å²) in [5.74, 6) is 7.19. The highest BCUT2D eigenvalue weighted by Gasteiger charge is 2.11. The van der Waals surface area contributed by atoms with Gasteiger partial charge in [0.25, 0.3) is 0 Å². The van der Waals surface area contributed by atoms with Crippen LogP contribution in [0, 0.1) is 23.2 Å². The average molecular weight is 370 g/mol. The fourth-order valence-electron chi connectivity index (χ4n) is 2.18. The third-order valence-electron chi connectivity index (χ3n) is 3.16. The van der Waals surface area contributed by atoms with E-state index < -0.39 is 0 Å². The summed E-state index contributed by atoms with van der Waals surface area (Å²) in [7, 11) is 0. The minimum absolute atomic E-state index is 0.585. The molecule has 0 radical (unpaired) electrons. The van der Waals surface area contributed by atoms with Gasteiger partial charge in [0.2, 0.25) is 0 Å². The number of rotatable bonds is 3. The molecule has 0 spiro atoms. The van der Waals surface area contributed by atoms with Crippen molar-refractivity contribution in [2.24, 2.45) is 5.92 Å². The number of nitrogens with one attached hydrogen (secondary N) is 2. The van der Waals surface area contributed by atoms with Crippen molar-refractivity contribution in [2.75, 3.05) is 5.09 Å². The van der Waals surface area contributed by atoms with E-state index in [0.29, 0.717) is 12.3 Å². The maximum atomic E-state index is 7.45. The summed E-state index contributed by atoms with van der Waals surface area (Å²) in [6.45, 7) is 0. The van der Waals surface area contributed by atoms with Gasteiger partial charge >= 0.3 is 0 Å². The second-order valence-corrected chi connectivity index (χ2v) is 6.47. The highest BCUT2D eigenvalue weighted by molar-refractivity contribution is 14.2. The molecule has 0 aromatic heterocycles. The molecule has 4 heteroatoms. The van der Waals surface area contributed by atoms with Crippen LogP contribution >= 0.6 is 28.4 Å². The number of hydrogen-bond donors (Lipinski definition) is 2. The predicted molar refractivity (Wildman–Crippen MR) is 89.1 cm³/mol.